The SMILES string of the molecule is COCc1cccc(C2(CCN)CCC2)c1. The molecule has 0 bridgehead atoms. The van der Waals surface area contributed by atoms with E-state index in [1.165, 1.54) is 30.4 Å². The number of rotatable bonds is 5. The third-order valence-corrected chi connectivity index (χ3v) is 3.78. The number of hydrogen-bond acceptors (Lipinski definition) is 2. The summed E-state index contributed by atoms with van der Waals surface area (Å²) >= 11 is 0. The Morgan fingerprint density at radius 2 is 2.19 bits per heavy atom. The second-order valence-electron chi connectivity index (χ2n) is 4.81. The fraction of sp³-hybridized carbons (Fsp3) is 0.571. The van der Waals surface area contributed by atoms with Crippen LogP contribution in [0.15, 0.2) is 24.3 Å². The topological polar surface area (TPSA) is 35.2 Å². The van der Waals surface area contributed by atoms with Crippen LogP contribution in [0, 0.1) is 0 Å². The van der Waals surface area contributed by atoms with E-state index in [1.807, 2.05) is 0 Å². The van der Waals surface area contributed by atoms with Crippen molar-refractivity contribution in [1.82, 2.24) is 0 Å². The Balaban J connectivity index is 2.21. The lowest BCUT2D eigenvalue weighted by atomic mass is 9.62. The van der Waals surface area contributed by atoms with E-state index >= 15 is 0 Å². The molecule has 0 heterocycles. The molecule has 2 nitrogen and oxygen atoms in total. The van der Waals surface area contributed by atoms with Gasteiger partial charge in [-0.3, -0.25) is 0 Å². The molecule has 0 atom stereocenters. The Labute approximate surface area is 97.8 Å². The lowest BCUT2D eigenvalue weighted by Gasteiger charge is -2.42. The highest BCUT2D eigenvalue weighted by atomic mass is 16.5. The van der Waals surface area contributed by atoms with Crippen molar-refractivity contribution in [3.05, 3.63) is 35.4 Å². The monoisotopic (exact) mass is 219 g/mol. The van der Waals surface area contributed by atoms with Crippen LogP contribution in [0.4, 0.5) is 0 Å². The van der Waals surface area contributed by atoms with Crippen molar-refractivity contribution in [2.45, 2.75) is 37.7 Å². The van der Waals surface area contributed by atoms with Gasteiger partial charge >= 0.3 is 0 Å². The van der Waals surface area contributed by atoms with Gasteiger partial charge in [0.25, 0.3) is 0 Å². The van der Waals surface area contributed by atoms with Gasteiger partial charge in [0.2, 0.25) is 0 Å². The maximum absolute atomic E-state index is 5.73. The van der Waals surface area contributed by atoms with Gasteiger partial charge in [-0.25, -0.2) is 0 Å². The summed E-state index contributed by atoms with van der Waals surface area (Å²) in [5.41, 5.74) is 8.83. The van der Waals surface area contributed by atoms with Crippen LogP contribution in [0.1, 0.15) is 36.8 Å². The van der Waals surface area contributed by atoms with Crippen molar-refractivity contribution in [2.75, 3.05) is 13.7 Å². The highest BCUT2D eigenvalue weighted by Gasteiger charge is 2.37. The molecular weight excluding hydrogens is 198 g/mol. The van der Waals surface area contributed by atoms with E-state index in [1.54, 1.807) is 7.11 Å². The average molecular weight is 219 g/mol. The van der Waals surface area contributed by atoms with Crippen LogP contribution < -0.4 is 5.73 Å². The molecule has 2 N–H and O–H groups in total. The van der Waals surface area contributed by atoms with Crippen molar-refractivity contribution in [2.24, 2.45) is 5.73 Å². The summed E-state index contributed by atoms with van der Waals surface area (Å²) in [4.78, 5) is 0. The molecule has 1 aliphatic rings. The van der Waals surface area contributed by atoms with Gasteiger partial charge in [-0.1, -0.05) is 30.7 Å². The van der Waals surface area contributed by atoms with E-state index in [0.717, 1.165) is 13.0 Å². The summed E-state index contributed by atoms with van der Waals surface area (Å²) in [6, 6.07) is 8.80. The second-order valence-corrected chi connectivity index (χ2v) is 4.81. The van der Waals surface area contributed by atoms with Crippen LogP contribution in [0.2, 0.25) is 0 Å². The van der Waals surface area contributed by atoms with E-state index in [4.69, 9.17) is 10.5 Å². The summed E-state index contributed by atoms with van der Waals surface area (Å²) in [7, 11) is 1.74. The summed E-state index contributed by atoms with van der Waals surface area (Å²) in [5, 5.41) is 0. The van der Waals surface area contributed by atoms with Crippen molar-refractivity contribution in [3.8, 4) is 0 Å². The molecule has 1 aromatic carbocycles. The van der Waals surface area contributed by atoms with Gasteiger partial charge in [0.1, 0.15) is 0 Å². The van der Waals surface area contributed by atoms with Gasteiger partial charge in [-0.15, -0.1) is 0 Å². The molecule has 0 aliphatic heterocycles. The van der Waals surface area contributed by atoms with Crippen molar-refractivity contribution < 1.29 is 4.74 Å². The fourth-order valence-corrected chi connectivity index (χ4v) is 2.72. The average Bonchev–Trinajstić information content (AvgIpc) is 2.24. The molecule has 0 saturated heterocycles. The highest BCUT2D eigenvalue weighted by molar-refractivity contribution is 5.32. The highest BCUT2D eigenvalue weighted by Crippen LogP contribution is 2.46. The minimum atomic E-state index is 0.374. The lowest BCUT2D eigenvalue weighted by molar-refractivity contribution is 0.184. The number of nitrogens with two attached hydrogens (primary N) is 1. The maximum Gasteiger partial charge on any atom is 0.0713 e. The predicted octanol–water partition coefficient (Wildman–Crippen LogP) is 2.60. The standard InChI is InChI=1S/C14H21NO/c1-16-11-12-4-2-5-13(10-12)14(8-9-15)6-3-7-14/h2,4-5,10H,3,6-9,11,15H2,1H3. The lowest BCUT2D eigenvalue weighted by Crippen LogP contribution is -2.36. The predicted molar refractivity (Wildman–Crippen MR) is 66.4 cm³/mol. The van der Waals surface area contributed by atoms with E-state index in [9.17, 15) is 0 Å². The van der Waals surface area contributed by atoms with Gasteiger partial charge in [0, 0.05) is 7.11 Å². The van der Waals surface area contributed by atoms with E-state index in [-0.39, 0.29) is 0 Å². The van der Waals surface area contributed by atoms with Crippen molar-refractivity contribution >= 4 is 0 Å². The zero-order chi connectivity index (χ0) is 11.4. The molecule has 0 radical (unpaired) electrons. The summed E-state index contributed by atoms with van der Waals surface area (Å²) in [6.45, 7) is 1.49. The summed E-state index contributed by atoms with van der Waals surface area (Å²) in [6.07, 6.45) is 5.04. The van der Waals surface area contributed by atoms with E-state index < -0.39 is 0 Å². The second kappa shape index (κ2) is 4.98. The van der Waals surface area contributed by atoms with Crippen LogP contribution in [-0.4, -0.2) is 13.7 Å². The molecule has 0 aromatic heterocycles. The molecule has 1 saturated carbocycles. The van der Waals surface area contributed by atoms with E-state index in [2.05, 4.69) is 24.3 Å². The van der Waals surface area contributed by atoms with Gasteiger partial charge in [0.15, 0.2) is 0 Å². The first-order valence-corrected chi connectivity index (χ1v) is 6.09. The molecule has 88 valence electrons. The third kappa shape index (κ3) is 2.13. The number of benzene rings is 1. The fourth-order valence-electron chi connectivity index (χ4n) is 2.72. The number of ether oxygens (including phenoxy) is 1. The largest absolute Gasteiger partial charge is 0.380 e. The molecule has 16 heavy (non-hydrogen) atoms. The minimum Gasteiger partial charge on any atom is -0.380 e. The molecular formula is C14H21NO. The zero-order valence-corrected chi connectivity index (χ0v) is 10.0. The van der Waals surface area contributed by atoms with Gasteiger partial charge in [0.05, 0.1) is 6.61 Å². The number of methoxy groups -OCH3 is 1. The molecule has 2 heteroatoms. The quantitative estimate of drug-likeness (QED) is 0.826. The first-order valence-electron chi connectivity index (χ1n) is 6.09. The van der Waals surface area contributed by atoms with Crippen LogP contribution in [0.3, 0.4) is 0 Å². The molecule has 0 spiro atoms. The first kappa shape index (κ1) is 11.6. The normalized spacial score (nSPS) is 18.1. The van der Waals surface area contributed by atoms with E-state index in [0.29, 0.717) is 12.0 Å². The molecule has 0 amide bonds. The Morgan fingerprint density at radius 3 is 2.75 bits per heavy atom. The summed E-state index contributed by atoms with van der Waals surface area (Å²) < 4.78 is 5.18. The minimum absolute atomic E-state index is 0.374. The van der Waals surface area contributed by atoms with Crippen molar-refractivity contribution in [3.63, 3.8) is 0 Å². The molecule has 0 unspecified atom stereocenters. The Hall–Kier alpha value is -0.860. The van der Waals surface area contributed by atoms with Crippen molar-refractivity contribution in [1.29, 1.82) is 0 Å². The number of hydrogen-bond donors (Lipinski definition) is 1. The molecule has 2 rings (SSSR count). The Bertz CT molecular complexity index is 344. The molecule has 1 fully saturated rings. The van der Waals surface area contributed by atoms with Gasteiger partial charge in [-0.2, -0.15) is 0 Å². The van der Waals surface area contributed by atoms with Gasteiger partial charge < -0.3 is 10.5 Å². The summed E-state index contributed by atoms with van der Waals surface area (Å²) in [5.74, 6) is 0. The smallest absolute Gasteiger partial charge is 0.0713 e. The van der Waals surface area contributed by atoms with Gasteiger partial charge in [-0.05, 0) is 42.3 Å². The molecule has 1 aliphatic carbocycles. The van der Waals surface area contributed by atoms with Crippen LogP contribution in [-0.2, 0) is 16.8 Å². The first-order chi connectivity index (χ1) is 7.80. The Kier molecular flexibility index (Phi) is 3.62. The Morgan fingerprint density at radius 1 is 1.38 bits per heavy atom. The zero-order valence-electron chi connectivity index (χ0n) is 10.0. The van der Waals surface area contributed by atoms with Crippen LogP contribution in [0.5, 0.6) is 0 Å². The van der Waals surface area contributed by atoms with Crippen LogP contribution in [0.25, 0.3) is 0 Å². The van der Waals surface area contributed by atoms with Crippen LogP contribution >= 0.6 is 0 Å². The molecule has 1 aromatic rings. The maximum atomic E-state index is 5.73. The third-order valence-electron chi connectivity index (χ3n) is 3.78.